The molecule has 1 N–H and O–H groups in total. The first-order valence-corrected chi connectivity index (χ1v) is 15.0. The van der Waals surface area contributed by atoms with E-state index in [0.717, 1.165) is 65.8 Å². The fraction of sp³-hybridized carbons (Fsp3) is 0.552. The zero-order chi connectivity index (χ0) is 27.8. The molecule has 0 saturated heterocycles. The number of carbonyl (C=O) groups is 1. The maximum Gasteiger partial charge on any atom is 0.264 e. The van der Waals surface area contributed by atoms with Gasteiger partial charge in [0.15, 0.2) is 11.5 Å². The first-order chi connectivity index (χ1) is 18.0. The standard InChI is InChI=1S/C29H41NO7S/c1-6-7-8-10-22(23-11-9-12-26-28(23)36-20-35-26)18-27(31)30-25-17-21(13-14-24(25)29(2,3)4)19-34-15-16-37-38(5,32)33/h9,11-14,17,22H,6-8,10,15-16,18-20H2,1-5H3,(H,30,31). The molecule has 1 amide bonds. The van der Waals surface area contributed by atoms with E-state index in [-0.39, 0.29) is 43.9 Å². The minimum atomic E-state index is -3.50. The summed E-state index contributed by atoms with van der Waals surface area (Å²) in [5, 5.41) is 3.17. The molecule has 9 heteroatoms. The number of hydrogen-bond donors (Lipinski definition) is 1. The molecule has 1 unspecified atom stereocenters. The highest BCUT2D eigenvalue weighted by Gasteiger charge is 2.26. The summed E-state index contributed by atoms with van der Waals surface area (Å²) in [6, 6.07) is 11.8. The number of benzene rings is 2. The predicted molar refractivity (Wildman–Crippen MR) is 148 cm³/mol. The molecule has 0 aliphatic carbocycles. The third-order valence-corrected chi connectivity index (χ3v) is 7.01. The average molecular weight is 548 g/mol. The summed E-state index contributed by atoms with van der Waals surface area (Å²) < 4.78 is 43.9. The van der Waals surface area contributed by atoms with Gasteiger partial charge in [0.1, 0.15) is 0 Å². The van der Waals surface area contributed by atoms with Gasteiger partial charge in [0.25, 0.3) is 10.1 Å². The normalized spacial score (nSPS) is 13.9. The van der Waals surface area contributed by atoms with E-state index in [0.29, 0.717) is 6.42 Å². The molecule has 3 rings (SSSR count). The van der Waals surface area contributed by atoms with Crippen molar-refractivity contribution in [2.75, 3.05) is 31.6 Å². The van der Waals surface area contributed by atoms with Crippen LogP contribution in [0, 0.1) is 0 Å². The summed E-state index contributed by atoms with van der Waals surface area (Å²) in [5.41, 5.74) is 3.48. The van der Waals surface area contributed by atoms with Crippen molar-refractivity contribution in [1.29, 1.82) is 0 Å². The molecular formula is C29H41NO7S. The van der Waals surface area contributed by atoms with Gasteiger partial charge in [-0.25, -0.2) is 0 Å². The topological polar surface area (TPSA) is 100 Å². The molecule has 1 aliphatic rings. The highest BCUT2D eigenvalue weighted by molar-refractivity contribution is 7.85. The van der Waals surface area contributed by atoms with E-state index >= 15 is 0 Å². The number of rotatable bonds is 14. The van der Waals surface area contributed by atoms with Crippen molar-refractivity contribution in [1.82, 2.24) is 0 Å². The zero-order valence-corrected chi connectivity index (χ0v) is 24.0. The summed E-state index contributed by atoms with van der Waals surface area (Å²) in [7, 11) is -3.50. The summed E-state index contributed by atoms with van der Waals surface area (Å²) >= 11 is 0. The SMILES string of the molecule is CCCCCC(CC(=O)Nc1cc(COCCOS(C)(=O)=O)ccc1C(C)(C)C)c1cccc2c1OCO2. The van der Waals surface area contributed by atoms with E-state index in [1.807, 2.05) is 36.4 Å². The van der Waals surface area contributed by atoms with Crippen molar-refractivity contribution in [3.05, 3.63) is 53.1 Å². The van der Waals surface area contributed by atoms with Crippen LogP contribution in [-0.4, -0.2) is 40.6 Å². The molecule has 1 aliphatic heterocycles. The lowest BCUT2D eigenvalue weighted by atomic mass is 9.85. The smallest absolute Gasteiger partial charge is 0.264 e. The number of ether oxygens (including phenoxy) is 3. The van der Waals surface area contributed by atoms with Crippen molar-refractivity contribution in [2.24, 2.45) is 0 Å². The van der Waals surface area contributed by atoms with Crippen LogP contribution in [0.3, 0.4) is 0 Å². The molecule has 8 nitrogen and oxygen atoms in total. The highest BCUT2D eigenvalue weighted by Crippen LogP contribution is 2.42. The summed E-state index contributed by atoms with van der Waals surface area (Å²) in [6.45, 7) is 9.06. The second-order valence-electron chi connectivity index (χ2n) is 10.7. The Kier molecular flexibility index (Phi) is 10.6. The largest absolute Gasteiger partial charge is 0.454 e. The zero-order valence-electron chi connectivity index (χ0n) is 23.2. The van der Waals surface area contributed by atoms with Crippen LogP contribution >= 0.6 is 0 Å². The van der Waals surface area contributed by atoms with Crippen LogP contribution in [0.15, 0.2) is 36.4 Å². The van der Waals surface area contributed by atoms with Crippen LogP contribution in [-0.2, 0) is 35.9 Å². The van der Waals surface area contributed by atoms with Crippen LogP contribution in [0.4, 0.5) is 5.69 Å². The second kappa shape index (κ2) is 13.4. The first-order valence-electron chi connectivity index (χ1n) is 13.2. The Morgan fingerprint density at radius 2 is 1.89 bits per heavy atom. The molecule has 0 spiro atoms. The Morgan fingerprint density at radius 1 is 1.11 bits per heavy atom. The number of amides is 1. The van der Waals surface area contributed by atoms with Crippen LogP contribution in [0.5, 0.6) is 11.5 Å². The van der Waals surface area contributed by atoms with Gasteiger partial charge in [-0.15, -0.1) is 0 Å². The molecule has 0 fully saturated rings. The third kappa shape index (κ3) is 8.99. The van der Waals surface area contributed by atoms with Crippen molar-refractivity contribution in [3.8, 4) is 11.5 Å². The number of para-hydroxylation sites is 1. The quantitative estimate of drug-likeness (QED) is 0.232. The van der Waals surface area contributed by atoms with E-state index < -0.39 is 10.1 Å². The van der Waals surface area contributed by atoms with Gasteiger partial charge in [0.05, 0.1) is 26.1 Å². The maximum absolute atomic E-state index is 13.4. The second-order valence-corrected chi connectivity index (χ2v) is 12.4. The first kappa shape index (κ1) is 29.9. The molecular weight excluding hydrogens is 506 g/mol. The molecule has 210 valence electrons. The fourth-order valence-electron chi connectivity index (χ4n) is 4.58. The van der Waals surface area contributed by atoms with Crippen molar-refractivity contribution < 1.29 is 31.6 Å². The molecule has 0 bridgehead atoms. The van der Waals surface area contributed by atoms with E-state index in [1.54, 1.807) is 0 Å². The fourth-order valence-corrected chi connectivity index (χ4v) is 4.95. The minimum Gasteiger partial charge on any atom is -0.454 e. The lowest BCUT2D eigenvalue weighted by Crippen LogP contribution is -2.21. The molecule has 2 aromatic rings. The van der Waals surface area contributed by atoms with E-state index in [4.69, 9.17) is 18.4 Å². The number of fused-ring (bicyclic) bond motifs is 1. The van der Waals surface area contributed by atoms with Gasteiger partial charge < -0.3 is 19.5 Å². The van der Waals surface area contributed by atoms with Crippen molar-refractivity contribution >= 4 is 21.7 Å². The molecule has 0 aromatic heterocycles. The minimum absolute atomic E-state index is 0.0117. The molecule has 2 aromatic carbocycles. The number of hydrogen-bond acceptors (Lipinski definition) is 7. The van der Waals surface area contributed by atoms with Crippen LogP contribution < -0.4 is 14.8 Å². The van der Waals surface area contributed by atoms with E-state index in [1.165, 1.54) is 0 Å². The van der Waals surface area contributed by atoms with Crippen LogP contribution in [0.1, 0.15) is 82.4 Å². The predicted octanol–water partition coefficient (Wildman–Crippen LogP) is 5.90. The van der Waals surface area contributed by atoms with Gasteiger partial charge in [0.2, 0.25) is 12.7 Å². The number of unbranched alkanes of at least 4 members (excludes halogenated alkanes) is 2. The Labute approximate surface area is 227 Å². The van der Waals surface area contributed by atoms with Crippen LogP contribution in [0.2, 0.25) is 0 Å². The van der Waals surface area contributed by atoms with Gasteiger partial charge in [-0.1, -0.05) is 71.2 Å². The maximum atomic E-state index is 13.4. The summed E-state index contributed by atoms with van der Waals surface area (Å²) in [5.74, 6) is 1.43. The Morgan fingerprint density at radius 3 is 2.61 bits per heavy atom. The lowest BCUT2D eigenvalue weighted by Gasteiger charge is -2.25. The summed E-state index contributed by atoms with van der Waals surface area (Å²) in [6.07, 6.45) is 5.47. The number of nitrogens with one attached hydrogen (secondary N) is 1. The number of carbonyl (C=O) groups excluding carboxylic acids is 1. The monoisotopic (exact) mass is 547 g/mol. The lowest BCUT2D eigenvalue weighted by molar-refractivity contribution is -0.116. The molecule has 1 heterocycles. The van der Waals surface area contributed by atoms with Gasteiger partial charge in [-0.3, -0.25) is 8.98 Å². The summed E-state index contributed by atoms with van der Waals surface area (Å²) in [4.78, 5) is 13.4. The number of anilines is 1. The van der Waals surface area contributed by atoms with Crippen molar-refractivity contribution in [3.63, 3.8) is 0 Å². The van der Waals surface area contributed by atoms with Gasteiger partial charge in [-0.05, 0) is 41.0 Å². The highest BCUT2D eigenvalue weighted by atomic mass is 32.2. The van der Waals surface area contributed by atoms with Crippen molar-refractivity contribution in [2.45, 2.75) is 77.7 Å². The average Bonchev–Trinajstić information content (AvgIpc) is 3.31. The van der Waals surface area contributed by atoms with Gasteiger partial charge in [-0.2, -0.15) is 8.42 Å². The Bertz CT molecular complexity index is 1190. The van der Waals surface area contributed by atoms with E-state index in [2.05, 4.69) is 33.0 Å². The Balaban J connectivity index is 1.74. The third-order valence-electron chi connectivity index (χ3n) is 6.41. The Hall–Kier alpha value is -2.62. The molecule has 0 radical (unpaired) electrons. The molecule has 0 saturated carbocycles. The molecule has 38 heavy (non-hydrogen) atoms. The van der Waals surface area contributed by atoms with Gasteiger partial charge in [0, 0.05) is 17.7 Å². The molecule has 1 atom stereocenters. The van der Waals surface area contributed by atoms with Gasteiger partial charge >= 0.3 is 0 Å². The van der Waals surface area contributed by atoms with E-state index in [9.17, 15) is 13.2 Å². The van der Waals surface area contributed by atoms with Crippen LogP contribution in [0.25, 0.3) is 0 Å².